The Labute approximate surface area is 115 Å². The van der Waals surface area contributed by atoms with Crippen LogP contribution in [0.3, 0.4) is 0 Å². The van der Waals surface area contributed by atoms with Crippen molar-refractivity contribution in [3.05, 3.63) is 46.2 Å². The predicted molar refractivity (Wildman–Crippen MR) is 76.0 cm³/mol. The molecule has 0 atom stereocenters. The summed E-state index contributed by atoms with van der Waals surface area (Å²) in [7, 11) is 1.64. The van der Waals surface area contributed by atoms with Gasteiger partial charge in [0.05, 0.1) is 13.5 Å². The maximum absolute atomic E-state index is 10.6. The van der Waals surface area contributed by atoms with Crippen LogP contribution in [0.2, 0.25) is 0 Å². The number of hydrogen-bond acceptors (Lipinski definition) is 4. The second-order valence-electron chi connectivity index (χ2n) is 4.02. The van der Waals surface area contributed by atoms with E-state index in [4.69, 9.17) is 9.84 Å². The molecule has 2 rings (SSSR count). The molecule has 2 N–H and O–H groups in total. The summed E-state index contributed by atoms with van der Waals surface area (Å²) in [6.07, 6.45) is 0.0871. The molecule has 0 aliphatic carbocycles. The Morgan fingerprint density at radius 3 is 2.84 bits per heavy atom. The average molecular weight is 277 g/mol. The lowest BCUT2D eigenvalue weighted by Gasteiger charge is -2.06. The molecule has 1 aromatic carbocycles. The molecule has 19 heavy (non-hydrogen) atoms. The molecule has 0 amide bonds. The third kappa shape index (κ3) is 3.99. The number of ether oxygens (including phenoxy) is 1. The summed E-state index contributed by atoms with van der Waals surface area (Å²) in [5, 5.41) is 12.0. The maximum atomic E-state index is 10.6. The lowest BCUT2D eigenvalue weighted by atomic mass is 10.3. The number of carbonyl (C=O) groups is 1. The Morgan fingerprint density at radius 2 is 2.11 bits per heavy atom. The van der Waals surface area contributed by atoms with E-state index in [0.29, 0.717) is 6.54 Å². The number of carboxylic acids is 1. The summed E-state index contributed by atoms with van der Waals surface area (Å²) in [4.78, 5) is 12.6. The molecule has 0 bridgehead atoms. The number of methoxy groups -OCH3 is 1. The van der Waals surface area contributed by atoms with Gasteiger partial charge in [0.1, 0.15) is 5.75 Å². The minimum Gasteiger partial charge on any atom is -0.497 e. The van der Waals surface area contributed by atoms with Gasteiger partial charge in [-0.2, -0.15) is 0 Å². The summed E-state index contributed by atoms with van der Waals surface area (Å²) in [5.41, 5.74) is 0.979. The summed E-state index contributed by atoms with van der Waals surface area (Å²) in [6, 6.07) is 11.5. The molecular weight excluding hydrogens is 262 g/mol. The Bertz CT molecular complexity index is 565. The van der Waals surface area contributed by atoms with Crippen LogP contribution in [-0.2, 0) is 17.8 Å². The Morgan fingerprint density at radius 1 is 1.32 bits per heavy atom. The fourth-order valence-corrected chi connectivity index (χ4v) is 2.63. The Balaban J connectivity index is 1.94. The highest BCUT2D eigenvalue weighted by Crippen LogP contribution is 2.21. The summed E-state index contributed by atoms with van der Waals surface area (Å²) >= 11 is 1.52. The summed E-state index contributed by atoms with van der Waals surface area (Å²) in [5.74, 6) is 0.0110. The van der Waals surface area contributed by atoms with E-state index in [1.165, 1.54) is 11.3 Å². The van der Waals surface area contributed by atoms with Crippen LogP contribution >= 0.6 is 11.3 Å². The van der Waals surface area contributed by atoms with Crippen molar-refractivity contribution in [3.63, 3.8) is 0 Å². The van der Waals surface area contributed by atoms with Crippen molar-refractivity contribution < 1.29 is 14.6 Å². The van der Waals surface area contributed by atoms with Gasteiger partial charge in [0, 0.05) is 28.1 Å². The first-order valence-corrected chi connectivity index (χ1v) is 6.66. The van der Waals surface area contributed by atoms with Crippen LogP contribution < -0.4 is 10.1 Å². The van der Waals surface area contributed by atoms with E-state index in [-0.39, 0.29) is 6.42 Å². The van der Waals surface area contributed by atoms with Gasteiger partial charge in [-0.15, -0.1) is 11.3 Å². The normalized spacial score (nSPS) is 10.2. The fraction of sp³-hybridized carbons (Fsp3) is 0.214. The lowest BCUT2D eigenvalue weighted by Crippen LogP contribution is -1.98. The molecule has 0 unspecified atom stereocenters. The van der Waals surface area contributed by atoms with Gasteiger partial charge in [0.2, 0.25) is 0 Å². The van der Waals surface area contributed by atoms with Crippen molar-refractivity contribution in [2.75, 3.05) is 12.4 Å². The molecule has 100 valence electrons. The van der Waals surface area contributed by atoms with Gasteiger partial charge < -0.3 is 15.2 Å². The van der Waals surface area contributed by atoms with Gasteiger partial charge in [-0.25, -0.2) is 0 Å². The number of anilines is 1. The summed E-state index contributed by atoms with van der Waals surface area (Å²) in [6.45, 7) is 0.678. The standard InChI is InChI=1S/C14H15NO3S/c1-18-11-4-2-3-10(7-11)15-9-13-6-5-12(19-13)8-14(16)17/h2-7,15H,8-9H2,1H3,(H,16,17). The molecule has 0 saturated heterocycles. The highest BCUT2D eigenvalue weighted by Gasteiger charge is 2.04. The first kappa shape index (κ1) is 13.4. The second kappa shape index (κ2) is 6.24. The van der Waals surface area contributed by atoms with Crippen molar-refractivity contribution in [3.8, 4) is 5.75 Å². The van der Waals surface area contributed by atoms with Crippen molar-refractivity contribution in [2.24, 2.45) is 0 Å². The quantitative estimate of drug-likeness (QED) is 0.852. The van der Waals surface area contributed by atoms with Crippen LogP contribution in [0.4, 0.5) is 5.69 Å². The largest absolute Gasteiger partial charge is 0.497 e. The SMILES string of the molecule is COc1cccc(NCc2ccc(CC(=O)O)s2)c1. The number of aliphatic carboxylic acids is 1. The van der Waals surface area contributed by atoms with Crippen LogP contribution in [0, 0.1) is 0 Å². The third-order valence-corrected chi connectivity index (χ3v) is 3.66. The van der Waals surface area contributed by atoms with E-state index in [1.807, 2.05) is 36.4 Å². The summed E-state index contributed by atoms with van der Waals surface area (Å²) < 4.78 is 5.15. The zero-order chi connectivity index (χ0) is 13.7. The fourth-order valence-electron chi connectivity index (χ4n) is 1.68. The van der Waals surface area contributed by atoms with E-state index in [0.717, 1.165) is 21.2 Å². The molecule has 0 aliphatic rings. The second-order valence-corrected chi connectivity index (χ2v) is 5.28. The van der Waals surface area contributed by atoms with Crippen LogP contribution in [0.5, 0.6) is 5.75 Å². The molecule has 0 fully saturated rings. The van der Waals surface area contributed by atoms with Gasteiger partial charge in [-0.05, 0) is 24.3 Å². The molecule has 5 heteroatoms. The Kier molecular flexibility index (Phi) is 4.41. The first-order chi connectivity index (χ1) is 9.17. The molecule has 0 spiro atoms. The zero-order valence-electron chi connectivity index (χ0n) is 10.6. The van der Waals surface area contributed by atoms with Gasteiger partial charge in [0.25, 0.3) is 0 Å². The number of carboxylic acid groups (broad SMARTS) is 1. The number of benzene rings is 1. The monoisotopic (exact) mass is 277 g/mol. The number of hydrogen-bond donors (Lipinski definition) is 2. The molecular formula is C14H15NO3S. The van der Waals surface area contributed by atoms with Crippen molar-refractivity contribution in [2.45, 2.75) is 13.0 Å². The molecule has 0 aliphatic heterocycles. The minimum atomic E-state index is -0.797. The molecule has 1 heterocycles. The number of nitrogens with one attached hydrogen (secondary N) is 1. The van der Waals surface area contributed by atoms with E-state index in [9.17, 15) is 4.79 Å². The van der Waals surface area contributed by atoms with Gasteiger partial charge >= 0.3 is 5.97 Å². The Hall–Kier alpha value is -2.01. The van der Waals surface area contributed by atoms with Gasteiger partial charge in [0.15, 0.2) is 0 Å². The molecule has 2 aromatic rings. The smallest absolute Gasteiger partial charge is 0.308 e. The van der Waals surface area contributed by atoms with Crippen LogP contribution in [0.1, 0.15) is 9.75 Å². The topological polar surface area (TPSA) is 58.6 Å². The molecule has 4 nitrogen and oxygen atoms in total. The van der Waals surface area contributed by atoms with E-state index < -0.39 is 5.97 Å². The van der Waals surface area contributed by atoms with Crippen LogP contribution in [0.15, 0.2) is 36.4 Å². The van der Waals surface area contributed by atoms with Gasteiger partial charge in [-0.1, -0.05) is 6.07 Å². The maximum Gasteiger partial charge on any atom is 0.308 e. The predicted octanol–water partition coefficient (Wildman–Crippen LogP) is 3.00. The number of thiophene rings is 1. The molecule has 1 aromatic heterocycles. The zero-order valence-corrected chi connectivity index (χ0v) is 11.4. The highest BCUT2D eigenvalue weighted by molar-refractivity contribution is 7.12. The van der Waals surface area contributed by atoms with Crippen molar-refractivity contribution in [1.82, 2.24) is 0 Å². The number of rotatable bonds is 6. The van der Waals surface area contributed by atoms with E-state index >= 15 is 0 Å². The van der Waals surface area contributed by atoms with E-state index in [1.54, 1.807) is 7.11 Å². The van der Waals surface area contributed by atoms with Crippen LogP contribution in [-0.4, -0.2) is 18.2 Å². The van der Waals surface area contributed by atoms with Crippen molar-refractivity contribution in [1.29, 1.82) is 0 Å². The minimum absolute atomic E-state index is 0.0871. The van der Waals surface area contributed by atoms with Crippen molar-refractivity contribution >= 4 is 23.0 Å². The van der Waals surface area contributed by atoms with E-state index in [2.05, 4.69) is 5.32 Å². The molecule has 0 saturated carbocycles. The lowest BCUT2D eigenvalue weighted by molar-refractivity contribution is -0.136. The third-order valence-electron chi connectivity index (χ3n) is 2.58. The first-order valence-electron chi connectivity index (χ1n) is 5.84. The van der Waals surface area contributed by atoms with Gasteiger partial charge in [-0.3, -0.25) is 4.79 Å². The highest BCUT2D eigenvalue weighted by atomic mass is 32.1. The molecule has 0 radical (unpaired) electrons. The average Bonchev–Trinajstić information content (AvgIpc) is 2.83. The van der Waals surface area contributed by atoms with Crippen LogP contribution in [0.25, 0.3) is 0 Å².